The van der Waals surface area contributed by atoms with Gasteiger partial charge in [-0.15, -0.1) is 0 Å². The molecule has 3 unspecified atom stereocenters. The predicted octanol–water partition coefficient (Wildman–Crippen LogP) is 3.11. The number of fused-ring (bicyclic) bond motifs is 2. The summed E-state index contributed by atoms with van der Waals surface area (Å²) >= 11 is 0. The highest BCUT2D eigenvalue weighted by molar-refractivity contribution is 5.88. The molecule has 1 aromatic carbocycles. The van der Waals surface area contributed by atoms with Crippen molar-refractivity contribution in [3.8, 4) is 5.75 Å². The number of nitrogens with zero attached hydrogens (tertiary/aromatic N) is 1. The second-order valence-electron chi connectivity index (χ2n) is 5.99. The van der Waals surface area contributed by atoms with Crippen LogP contribution in [0.3, 0.4) is 0 Å². The molecule has 6 nitrogen and oxygen atoms in total. The van der Waals surface area contributed by atoms with E-state index in [0.29, 0.717) is 18.4 Å². The van der Waals surface area contributed by atoms with Crippen LogP contribution < -0.4 is 4.74 Å². The minimum atomic E-state index is -1.18. The molecule has 2 aliphatic rings. The Bertz CT molecular complexity index is 585. The summed E-state index contributed by atoms with van der Waals surface area (Å²) in [5.41, 5.74) is -0.382. The summed E-state index contributed by atoms with van der Waals surface area (Å²) in [7, 11) is 0. The van der Waals surface area contributed by atoms with Crippen LogP contribution in [0.2, 0.25) is 0 Å². The molecule has 0 amide bonds. The zero-order valence-electron chi connectivity index (χ0n) is 11.5. The third-order valence-corrected chi connectivity index (χ3v) is 4.74. The Morgan fingerprint density at radius 3 is 2.76 bits per heavy atom. The van der Waals surface area contributed by atoms with E-state index in [4.69, 9.17) is 9.84 Å². The molecule has 6 heteroatoms. The van der Waals surface area contributed by atoms with E-state index >= 15 is 0 Å². The van der Waals surface area contributed by atoms with Gasteiger partial charge < -0.3 is 9.84 Å². The van der Waals surface area contributed by atoms with Gasteiger partial charge in [-0.3, -0.25) is 10.1 Å². The molecular formula is C15H17NO5. The van der Waals surface area contributed by atoms with Gasteiger partial charge >= 0.3 is 11.7 Å². The Kier molecular flexibility index (Phi) is 3.53. The minimum absolute atomic E-state index is 0.103. The van der Waals surface area contributed by atoms with E-state index in [2.05, 4.69) is 0 Å². The quantitative estimate of drug-likeness (QED) is 0.665. The lowest BCUT2D eigenvalue weighted by Crippen LogP contribution is -2.18. The van der Waals surface area contributed by atoms with Crippen molar-refractivity contribution in [3.63, 3.8) is 0 Å². The van der Waals surface area contributed by atoms with Gasteiger partial charge in [-0.2, -0.15) is 0 Å². The van der Waals surface area contributed by atoms with E-state index < -0.39 is 10.9 Å². The van der Waals surface area contributed by atoms with Gasteiger partial charge in [0.25, 0.3) is 0 Å². The first-order chi connectivity index (χ1) is 10.0. The Morgan fingerprint density at radius 2 is 2.19 bits per heavy atom. The van der Waals surface area contributed by atoms with Crippen LogP contribution in [0.1, 0.15) is 36.0 Å². The SMILES string of the molecule is O=C(O)c1ccc(OCC2CC3CCC2C3)c([N+](=O)[O-])c1. The largest absolute Gasteiger partial charge is 0.487 e. The zero-order chi connectivity index (χ0) is 15.0. The molecule has 0 saturated heterocycles. The fourth-order valence-electron chi connectivity index (χ4n) is 3.69. The second kappa shape index (κ2) is 5.35. The van der Waals surface area contributed by atoms with Crippen molar-refractivity contribution in [2.24, 2.45) is 17.8 Å². The number of carboxylic acid groups (broad SMARTS) is 1. The summed E-state index contributed by atoms with van der Waals surface area (Å²) in [4.78, 5) is 21.3. The maximum atomic E-state index is 11.1. The number of benzene rings is 1. The number of nitro groups is 1. The number of hydrogen-bond donors (Lipinski definition) is 1. The van der Waals surface area contributed by atoms with Gasteiger partial charge in [0.05, 0.1) is 17.1 Å². The highest BCUT2D eigenvalue weighted by Crippen LogP contribution is 2.48. The summed E-state index contributed by atoms with van der Waals surface area (Å²) in [5.74, 6) is 0.938. The van der Waals surface area contributed by atoms with E-state index in [1.807, 2.05) is 0 Å². The van der Waals surface area contributed by atoms with E-state index in [-0.39, 0.29) is 17.0 Å². The molecule has 2 fully saturated rings. The number of carboxylic acids is 1. The van der Waals surface area contributed by atoms with Crippen LogP contribution in [0.25, 0.3) is 0 Å². The van der Waals surface area contributed by atoms with E-state index in [1.165, 1.54) is 31.4 Å². The molecule has 0 aliphatic heterocycles. The molecule has 2 saturated carbocycles. The predicted molar refractivity (Wildman–Crippen MR) is 74.5 cm³/mol. The normalized spacial score (nSPS) is 26.8. The Balaban J connectivity index is 1.72. The van der Waals surface area contributed by atoms with E-state index in [0.717, 1.165) is 18.4 Å². The van der Waals surface area contributed by atoms with Gasteiger partial charge in [-0.25, -0.2) is 4.79 Å². The number of nitro benzene ring substituents is 1. The van der Waals surface area contributed by atoms with Crippen LogP contribution in [0.5, 0.6) is 5.75 Å². The van der Waals surface area contributed by atoms with Gasteiger partial charge in [-0.1, -0.05) is 6.42 Å². The molecule has 1 N–H and O–H groups in total. The summed E-state index contributed by atoms with van der Waals surface area (Å²) in [6.07, 6.45) is 4.94. The van der Waals surface area contributed by atoms with Crippen LogP contribution >= 0.6 is 0 Å². The molecule has 0 spiro atoms. The molecule has 2 aliphatic carbocycles. The van der Waals surface area contributed by atoms with Gasteiger partial charge in [0.1, 0.15) is 0 Å². The average Bonchev–Trinajstić information content (AvgIpc) is 3.07. The monoisotopic (exact) mass is 291 g/mol. The summed E-state index contributed by atoms with van der Waals surface area (Å²) in [6, 6.07) is 3.78. The van der Waals surface area contributed by atoms with Gasteiger partial charge in [0, 0.05) is 6.07 Å². The van der Waals surface area contributed by atoms with Crippen molar-refractivity contribution in [1.82, 2.24) is 0 Å². The summed E-state index contributed by atoms with van der Waals surface area (Å²) < 4.78 is 5.64. The molecule has 2 bridgehead atoms. The molecule has 21 heavy (non-hydrogen) atoms. The van der Waals surface area contributed by atoms with Gasteiger partial charge in [-0.05, 0) is 49.1 Å². The number of aromatic carboxylic acids is 1. The van der Waals surface area contributed by atoms with Crippen molar-refractivity contribution in [2.75, 3.05) is 6.61 Å². The lowest BCUT2D eigenvalue weighted by Gasteiger charge is -2.21. The van der Waals surface area contributed by atoms with Crippen LogP contribution in [-0.2, 0) is 0 Å². The van der Waals surface area contributed by atoms with E-state index in [9.17, 15) is 14.9 Å². The van der Waals surface area contributed by atoms with Crippen molar-refractivity contribution in [1.29, 1.82) is 0 Å². The molecule has 112 valence electrons. The fourth-order valence-corrected chi connectivity index (χ4v) is 3.69. The first-order valence-corrected chi connectivity index (χ1v) is 7.19. The lowest BCUT2D eigenvalue weighted by molar-refractivity contribution is -0.386. The maximum absolute atomic E-state index is 11.1. The third-order valence-electron chi connectivity index (χ3n) is 4.74. The van der Waals surface area contributed by atoms with E-state index in [1.54, 1.807) is 0 Å². The number of ether oxygens (including phenoxy) is 1. The Morgan fingerprint density at radius 1 is 1.38 bits per heavy atom. The summed E-state index contributed by atoms with van der Waals surface area (Å²) in [5, 5.41) is 19.9. The molecule has 3 rings (SSSR count). The van der Waals surface area contributed by atoms with Crippen LogP contribution in [0.4, 0.5) is 5.69 Å². The standard InChI is InChI=1S/C15H17NO5/c17-15(18)11-3-4-14(13(7-11)16(19)20)21-8-12-6-9-1-2-10(12)5-9/h3-4,7,9-10,12H,1-2,5-6,8H2,(H,17,18). The Hall–Kier alpha value is -2.11. The first kappa shape index (κ1) is 13.9. The van der Waals surface area contributed by atoms with Gasteiger partial charge in [0.2, 0.25) is 0 Å². The number of hydrogen-bond acceptors (Lipinski definition) is 4. The van der Waals surface area contributed by atoms with Crippen LogP contribution in [0, 0.1) is 27.9 Å². The third kappa shape index (κ3) is 2.70. The molecular weight excluding hydrogens is 274 g/mol. The highest BCUT2D eigenvalue weighted by atomic mass is 16.6. The summed E-state index contributed by atoms with van der Waals surface area (Å²) in [6.45, 7) is 0.481. The minimum Gasteiger partial charge on any atom is -0.487 e. The number of rotatable bonds is 5. The van der Waals surface area contributed by atoms with Crippen molar-refractivity contribution in [3.05, 3.63) is 33.9 Å². The van der Waals surface area contributed by atoms with Crippen molar-refractivity contribution < 1.29 is 19.6 Å². The first-order valence-electron chi connectivity index (χ1n) is 7.19. The van der Waals surface area contributed by atoms with Crippen molar-refractivity contribution in [2.45, 2.75) is 25.7 Å². The number of carbonyl (C=O) groups is 1. The highest BCUT2D eigenvalue weighted by Gasteiger charge is 2.39. The topological polar surface area (TPSA) is 89.7 Å². The van der Waals surface area contributed by atoms with Crippen LogP contribution in [-0.4, -0.2) is 22.6 Å². The lowest BCUT2D eigenvalue weighted by atomic mass is 9.89. The molecule has 0 heterocycles. The molecule has 3 atom stereocenters. The van der Waals surface area contributed by atoms with Crippen molar-refractivity contribution >= 4 is 11.7 Å². The average molecular weight is 291 g/mol. The van der Waals surface area contributed by atoms with Crippen LogP contribution in [0.15, 0.2) is 18.2 Å². The maximum Gasteiger partial charge on any atom is 0.335 e. The smallest absolute Gasteiger partial charge is 0.335 e. The molecule has 0 aromatic heterocycles. The molecule has 0 radical (unpaired) electrons. The Labute approximate surface area is 121 Å². The second-order valence-corrected chi connectivity index (χ2v) is 5.99. The van der Waals surface area contributed by atoms with Gasteiger partial charge in [0.15, 0.2) is 5.75 Å². The fraction of sp³-hybridized carbons (Fsp3) is 0.533. The molecule has 1 aromatic rings. The zero-order valence-corrected chi connectivity index (χ0v) is 11.5.